The molecule has 0 unspecified atom stereocenters. The number of hydrogen-bond acceptors (Lipinski definition) is 3. The summed E-state index contributed by atoms with van der Waals surface area (Å²) in [5.41, 5.74) is 0.488. The van der Waals surface area contributed by atoms with Gasteiger partial charge in [-0.2, -0.15) is 0 Å². The number of hydrogen-bond donors (Lipinski definition) is 1. The topological polar surface area (TPSA) is 66.5 Å². The number of anilines is 1. The van der Waals surface area contributed by atoms with Gasteiger partial charge in [0, 0.05) is 25.2 Å². The van der Waals surface area contributed by atoms with Crippen LogP contribution in [0.25, 0.3) is 0 Å². The summed E-state index contributed by atoms with van der Waals surface area (Å²) >= 11 is 0. The van der Waals surface area contributed by atoms with Crippen LogP contribution in [0.5, 0.6) is 0 Å². The summed E-state index contributed by atoms with van der Waals surface area (Å²) < 4.78 is 65.3. The zero-order valence-corrected chi connectivity index (χ0v) is 14.7. The van der Waals surface area contributed by atoms with Gasteiger partial charge in [-0.1, -0.05) is 0 Å². The van der Waals surface area contributed by atoms with Crippen molar-refractivity contribution < 1.29 is 26.4 Å². The summed E-state index contributed by atoms with van der Waals surface area (Å²) in [7, 11) is -4.07. The van der Waals surface area contributed by atoms with Gasteiger partial charge in [-0.05, 0) is 49.4 Å². The first-order chi connectivity index (χ1) is 12.2. The van der Waals surface area contributed by atoms with Crippen LogP contribution in [0.1, 0.15) is 13.3 Å². The fourth-order valence-electron chi connectivity index (χ4n) is 2.28. The van der Waals surface area contributed by atoms with E-state index in [9.17, 15) is 26.4 Å². The second-order valence-corrected chi connectivity index (χ2v) is 7.11. The molecule has 0 saturated carbocycles. The minimum absolute atomic E-state index is 0.159. The van der Waals surface area contributed by atoms with Crippen molar-refractivity contribution in [2.45, 2.75) is 18.2 Å². The average Bonchev–Trinajstić information content (AvgIpc) is 2.59. The maximum Gasteiger partial charge on any atom is 0.240 e. The number of nitrogens with zero attached hydrogens (tertiary/aromatic N) is 1. The van der Waals surface area contributed by atoms with Gasteiger partial charge in [0.25, 0.3) is 0 Å². The number of carbonyl (C=O) groups excluding carboxylic acids is 1. The van der Waals surface area contributed by atoms with Crippen LogP contribution in [-0.2, 0) is 14.8 Å². The van der Waals surface area contributed by atoms with E-state index in [4.69, 9.17) is 0 Å². The van der Waals surface area contributed by atoms with Gasteiger partial charge in [-0.15, -0.1) is 0 Å². The number of amides is 1. The van der Waals surface area contributed by atoms with Crippen molar-refractivity contribution in [2.24, 2.45) is 0 Å². The van der Waals surface area contributed by atoms with Gasteiger partial charge in [0.15, 0.2) is 11.6 Å². The molecule has 2 aromatic rings. The Labute approximate surface area is 149 Å². The van der Waals surface area contributed by atoms with Gasteiger partial charge in [0.1, 0.15) is 5.82 Å². The fraction of sp³-hybridized carbons (Fsp3) is 0.235. The van der Waals surface area contributed by atoms with Gasteiger partial charge in [-0.25, -0.2) is 26.3 Å². The maximum absolute atomic E-state index is 13.2. The Morgan fingerprint density at radius 1 is 1.04 bits per heavy atom. The van der Waals surface area contributed by atoms with Crippen LogP contribution < -0.4 is 9.62 Å². The molecule has 2 aromatic carbocycles. The zero-order chi connectivity index (χ0) is 19.3. The summed E-state index contributed by atoms with van der Waals surface area (Å²) in [5.74, 6) is -3.24. The molecule has 0 aliphatic heterocycles. The number of nitrogens with one attached hydrogen (secondary N) is 1. The van der Waals surface area contributed by atoms with E-state index in [1.807, 2.05) is 0 Å². The highest BCUT2D eigenvalue weighted by atomic mass is 32.2. The van der Waals surface area contributed by atoms with Crippen molar-refractivity contribution in [2.75, 3.05) is 18.0 Å². The predicted molar refractivity (Wildman–Crippen MR) is 90.6 cm³/mol. The van der Waals surface area contributed by atoms with Crippen molar-refractivity contribution in [3.63, 3.8) is 0 Å². The molecule has 0 saturated heterocycles. The number of benzene rings is 2. The first-order valence-corrected chi connectivity index (χ1v) is 9.23. The number of halogens is 3. The van der Waals surface area contributed by atoms with Gasteiger partial charge in [0.05, 0.1) is 4.90 Å². The smallest absolute Gasteiger partial charge is 0.240 e. The van der Waals surface area contributed by atoms with Crippen molar-refractivity contribution in [3.05, 3.63) is 59.9 Å². The van der Waals surface area contributed by atoms with Crippen LogP contribution in [0.3, 0.4) is 0 Å². The molecular formula is C17H17F3N2O3S. The van der Waals surface area contributed by atoms with E-state index in [2.05, 4.69) is 4.72 Å². The molecule has 1 amide bonds. The molecule has 0 radical (unpaired) electrons. The summed E-state index contributed by atoms with van der Waals surface area (Å²) in [6, 6.07) is 7.54. The van der Waals surface area contributed by atoms with E-state index in [1.54, 1.807) is 6.92 Å². The third-order valence-electron chi connectivity index (χ3n) is 3.59. The minimum Gasteiger partial charge on any atom is -0.313 e. The first-order valence-electron chi connectivity index (χ1n) is 7.75. The Balaban J connectivity index is 1.99. The minimum atomic E-state index is -4.07. The van der Waals surface area contributed by atoms with Crippen LogP contribution in [0.4, 0.5) is 18.9 Å². The van der Waals surface area contributed by atoms with Gasteiger partial charge >= 0.3 is 0 Å². The van der Waals surface area contributed by atoms with Gasteiger partial charge in [0.2, 0.25) is 15.9 Å². The lowest BCUT2D eigenvalue weighted by molar-refractivity contribution is -0.118. The molecule has 9 heteroatoms. The van der Waals surface area contributed by atoms with E-state index in [-0.39, 0.29) is 18.9 Å². The lowest BCUT2D eigenvalue weighted by Crippen LogP contribution is -2.34. The van der Waals surface area contributed by atoms with Crippen LogP contribution in [0.2, 0.25) is 0 Å². The fourth-order valence-corrected chi connectivity index (χ4v) is 3.32. The quantitative estimate of drug-likeness (QED) is 0.796. The monoisotopic (exact) mass is 386 g/mol. The van der Waals surface area contributed by atoms with Crippen molar-refractivity contribution in [1.82, 2.24) is 4.72 Å². The molecule has 140 valence electrons. The average molecular weight is 386 g/mol. The first kappa shape index (κ1) is 19.9. The van der Waals surface area contributed by atoms with E-state index < -0.39 is 32.4 Å². The van der Waals surface area contributed by atoms with Crippen molar-refractivity contribution >= 4 is 21.6 Å². The van der Waals surface area contributed by atoms with Crippen LogP contribution in [-0.4, -0.2) is 27.4 Å². The van der Waals surface area contributed by atoms with Crippen LogP contribution >= 0.6 is 0 Å². The van der Waals surface area contributed by atoms with Crippen LogP contribution in [0.15, 0.2) is 47.4 Å². The molecule has 0 aliphatic rings. The van der Waals surface area contributed by atoms with Crippen LogP contribution in [0, 0.1) is 17.5 Å². The Morgan fingerprint density at radius 3 is 2.27 bits per heavy atom. The zero-order valence-electron chi connectivity index (χ0n) is 13.9. The normalized spacial score (nSPS) is 11.4. The number of carbonyl (C=O) groups is 1. The molecule has 1 N–H and O–H groups in total. The highest BCUT2D eigenvalue weighted by molar-refractivity contribution is 7.89. The third-order valence-corrected chi connectivity index (χ3v) is 5.05. The molecule has 0 atom stereocenters. The maximum atomic E-state index is 13.2. The molecule has 0 fully saturated rings. The van der Waals surface area contributed by atoms with E-state index >= 15 is 0 Å². The van der Waals surface area contributed by atoms with E-state index in [0.29, 0.717) is 24.4 Å². The van der Waals surface area contributed by atoms with Crippen molar-refractivity contribution in [1.29, 1.82) is 0 Å². The summed E-state index contributed by atoms with van der Waals surface area (Å²) in [5, 5.41) is 0. The molecule has 0 bridgehead atoms. The molecule has 0 aromatic heterocycles. The van der Waals surface area contributed by atoms with Gasteiger partial charge < -0.3 is 4.90 Å². The second kappa shape index (κ2) is 8.33. The Bertz CT molecular complexity index is 887. The SMILES string of the molecule is CCN(C(=O)CCNS(=O)(=O)c1ccc(F)c(F)c1)c1ccc(F)cc1. The highest BCUT2D eigenvalue weighted by Gasteiger charge is 2.18. The highest BCUT2D eigenvalue weighted by Crippen LogP contribution is 2.16. The lowest BCUT2D eigenvalue weighted by atomic mass is 10.2. The number of sulfonamides is 1. The molecular weight excluding hydrogens is 369 g/mol. The largest absolute Gasteiger partial charge is 0.313 e. The Hall–Kier alpha value is -2.39. The third kappa shape index (κ3) is 4.83. The molecule has 0 heterocycles. The second-order valence-electron chi connectivity index (χ2n) is 5.34. The summed E-state index contributed by atoms with van der Waals surface area (Å²) in [4.78, 5) is 13.2. The molecule has 0 spiro atoms. The summed E-state index contributed by atoms with van der Waals surface area (Å²) in [6.07, 6.45) is -0.159. The molecule has 0 aliphatic carbocycles. The van der Waals surface area contributed by atoms with E-state index in [1.165, 1.54) is 29.2 Å². The Kier molecular flexibility index (Phi) is 6.38. The molecule has 5 nitrogen and oxygen atoms in total. The standard InChI is InChI=1S/C17H17F3N2O3S/c1-2-22(13-5-3-12(18)4-6-13)17(23)9-10-21-26(24,25)14-7-8-15(19)16(20)11-14/h3-8,11,21H,2,9-10H2,1H3. The molecule has 26 heavy (non-hydrogen) atoms. The predicted octanol–water partition coefficient (Wildman–Crippen LogP) is 2.83. The van der Waals surface area contributed by atoms with Gasteiger partial charge in [-0.3, -0.25) is 4.79 Å². The Morgan fingerprint density at radius 2 is 1.69 bits per heavy atom. The van der Waals surface area contributed by atoms with Crippen molar-refractivity contribution in [3.8, 4) is 0 Å². The molecule has 2 rings (SSSR count). The summed E-state index contributed by atoms with van der Waals surface area (Å²) in [6.45, 7) is 1.82. The number of rotatable bonds is 7. The lowest BCUT2D eigenvalue weighted by Gasteiger charge is -2.21. The van der Waals surface area contributed by atoms with E-state index in [0.717, 1.165) is 6.07 Å².